The van der Waals surface area contributed by atoms with E-state index in [0.717, 1.165) is 4.68 Å². The number of hydrogen-bond donors (Lipinski definition) is 2. The number of carbonyl (C=O) groups is 2. The highest BCUT2D eigenvalue weighted by atomic mass is 35.5. The van der Waals surface area contributed by atoms with E-state index in [9.17, 15) is 9.59 Å². The molecule has 2 aromatic heterocycles. The van der Waals surface area contributed by atoms with Gasteiger partial charge in [0.25, 0.3) is 5.91 Å². The molecule has 4 rings (SSSR count). The number of hydrogen-bond acceptors (Lipinski definition) is 11. The van der Waals surface area contributed by atoms with Gasteiger partial charge in [-0.25, -0.2) is 14.8 Å². The Morgan fingerprint density at radius 1 is 1.17 bits per heavy atom. The molecule has 3 N–H and O–H groups in total. The van der Waals surface area contributed by atoms with E-state index in [4.69, 9.17) is 26.8 Å². The van der Waals surface area contributed by atoms with Crippen molar-refractivity contribution in [1.82, 2.24) is 30.7 Å². The Morgan fingerprint density at radius 3 is 2.63 bits per heavy atom. The summed E-state index contributed by atoms with van der Waals surface area (Å²) in [5.41, 5.74) is 9.30. The normalized spacial score (nSPS) is 10.9. The topological polar surface area (TPSA) is 173 Å². The maximum atomic E-state index is 12.7. The van der Waals surface area contributed by atoms with Gasteiger partial charge in [0.2, 0.25) is 11.6 Å². The molecule has 14 heteroatoms. The number of carbonyl (C=O) groups excluding carboxylic acids is 2. The number of aromatic nitrogens is 5. The van der Waals surface area contributed by atoms with Gasteiger partial charge in [-0.2, -0.15) is 9.78 Å². The molecule has 0 saturated heterocycles. The molecule has 0 saturated carbocycles. The number of anilines is 1. The number of ether oxygens (including phenoxy) is 2. The van der Waals surface area contributed by atoms with E-state index < -0.39 is 11.9 Å². The number of hydrazone groups is 1. The van der Waals surface area contributed by atoms with Crippen LogP contribution in [0.2, 0.25) is 5.02 Å². The number of methoxy groups -OCH3 is 1. The van der Waals surface area contributed by atoms with Gasteiger partial charge in [0, 0.05) is 5.02 Å². The molecule has 0 fully saturated rings. The van der Waals surface area contributed by atoms with Gasteiger partial charge in [0.05, 0.1) is 24.6 Å². The molecule has 13 nitrogen and oxygen atoms in total. The lowest BCUT2D eigenvalue weighted by molar-refractivity contribution is 0.0729. The highest BCUT2D eigenvalue weighted by Gasteiger charge is 2.22. The van der Waals surface area contributed by atoms with Gasteiger partial charge in [0.15, 0.2) is 17.2 Å². The summed E-state index contributed by atoms with van der Waals surface area (Å²) < 4.78 is 16.4. The number of aryl methyl sites for hydroxylation is 1. The lowest BCUT2D eigenvalue weighted by Gasteiger charge is -2.10. The molecule has 0 atom stereocenters. The minimum atomic E-state index is -0.619. The molecule has 0 radical (unpaired) electrons. The van der Waals surface area contributed by atoms with E-state index in [1.54, 1.807) is 49.4 Å². The Balaban J connectivity index is 1.46. The predicted octanol–water partition coefficient (Wildman–Crippen LogP) is 2.19. The summed E-state index contributed by atoms with van der Waals surface area (Å²) in [6, 6.07) is 11.0. The van der Waals surface area contributed by atoms with E-state index in [1.807, 2.05) is 0 Å². The van der Waals surface area contributed by atoms with E-state index in [-0.39, 0.29) is 28.8 Å². The van der Waals surface area contributed by atoms with Gasteiger partial charge in [-0.1, -0.05) is 16.8 Å². The monoisotopic (exact) mass is 496 g/mol. The van der Waals surface area contributed by atoms with Crippen LogP contribution >= 0.6 is 11.6 Å². The molecular weight excluding hydrogens is 480 g/mol. The van der Waals surface area contributed by atoms with Gasteiger partial charge in [-0.3, -0.25) is 4.79 Å². The lowest BCUT2D eigenvalue weighted by Crippen LogP contribution is -2.22. The molecule has 0 bridgehead atoms. The fraction of sp³-hybridized carbons (Fsp3) is 0.0952. The van der Waals surface area contributed by atoms with Crippen LogP contribution in [0.3, 0.4) is 0 Å². The Morgan fingerprint density at radius 2 is 1.94 bits per heavy atom. The summed E-state index contributed by atoms with van der Waals surface area (Å²) in [7, 11) is 1.43. The zero-order valence-electron chi connectivity index (χ0n) is 18.3. The average Bonchev–Trinajstić information content (AvgIpc) is 3.44. The van der Waals surface area contributed by atoms with Crippen molar-refractivity contribution < 1.29 is 23.7 Å². The number of benzene rings is 2. The average molecular weight is 497 g/mol. The Bertz CT molecular complexity index is 1410. The van der Waals surface area contributed by atoms with Crippen LogP contribution in [0.25, 0.3) is 5.82 Å². The molecule has 2 aromatic carbocycles. The number of esters is 1. The first-order valence-electron chi connectivity index (χ1n) is 9.87. The van der Waals surface area contributed by atoms with Crippen LogP contribution in [-0.4, -0.2) is 50.5 Å². The molecule has 0 unspecified atom stereocenters. The van der Waals surface area contributed by atoms with E-state index in [1.165, 1.54) is 13.3 Å². The molecule has 0 aliphatic rings. The molecule has 178 valence electrons. The van der Waals surface area contributed by atoms with Crippen LogP contribution in [0.4, 0.5) is 5.82 Å². The first kappa shape index (κ1) is 23.4. The fourth-order valence-corrected chi connectivity index (χ4v) is 3.04. The number of rotatable bonds is 7. The number of amides is 1. The second-order valence-electron chi connectivity index (χ2n) is 6.91. The second kappa shape index (κ2) is 10.0. The minimum Gasteiger partial charge on any atom is -0.493 e. The highest BCUT2D eigenvalue weighted by Crippen LogP contribution is 2.28. The molecule has 1 amide bonds. The Kier molecular flexibility index (Phi) is 6.69. The van der Waals surface area contributed by atoms with Crippen molar-refractivity contribution in [3.8, 4) is 17.3 Å². The van der Waals surface area contributed by atoms with Gasteiger partial charge >= 0.3 is 5.97 Å². The smallest absolute Gasteiger partial charge is 0.343 e. The first-order valence-corrected chi connectivity index (χ1v) is 10.2. The summed E-state index contributed by atoms with van der Waals surface area (Å²) in [6.07, 6.45) is 1.38. The van der Waals surface area contributed by atoms with Gasteiger partial charge < -0.3 is 15.2 Å². The van der Waals surface area contributed by atoms with Gasteiger partial charge in [0.1, 0.15) is 0 Å². The maximum absolute atomic E-state index is 12.7. The van der Waals surface area contributed by atoms with Crippen molar-refractivity contribution in [3.63, 3.8) is 0 Å². The number of nitrogens with one attached hydrogen (secondary N) is 1. The molecule has 2 heterocycles. The van der Waals surface area contributed by atoms with Crippen molar-refractivity contribution in [2.75, 3.05) is 12.8 Å². The van der Waals surface area contributed by atoms with Gasteiger partial charge in [-0.15, -0.1) is 5.10 Å². The summed E-state index contributed by atoms with van der Waals surface area (Å²) in [5.74, 6) is -0.735. The summed E-state index contributed by atoms with van der Waals surface area (Å²) in [5, 5.41) is 19.2. The molecule has 35 heavy (non-hydrogen) atoms. The van der Waals surface area contributed by atoms with E-state index >= 15 is 0 Å². The molecule has 4 aromatic rings. The van der Waals surface area contributed by atoms with Crippen molar-refractivity contribution in [1.29, 1.82) is 0 Å². The quantitative estimate of drug-likeness (QED) is 0.167. The number of nitrogens with two attached hydrogens (primary N) is 1. The maximum Gasteiger partial charge on any atom is 0.343 e. The largest absolute Gasteiger partial charge is 0.493 e. The number of nitrogens with zero attached hydrogens (tertiary/aromatic N) is 6. The van der Waals surface area contributed by atoms with Crippen LogP contribution in [-0.2, 0) is 0 Å². The van der Waals surface area contributed by atoms with Gasteiger partial charge in [-0.05, 0) is 65.3 Å². The summed E-state index contributed by atoms with van der Waals surface area (Å²) in [6.45, 7) is 1.58. The Hall–Kier alpha value is -4.78. The van der Waals surface area contributed by atoms with Crippen molar-refractivity contribution in [2.45, 2.75) is 6.92 Å². The van der Waals surface area contributed by atoms with Crippen LogP contribution in [0, 0.1) is 6.92 Å². The fourth-order valence-electron chi connectivity index (χ4n) is 2.92. The third kappa shape index (κ3) is 5.09. The third-order valence-electron chi connectivity index (χ3n) is 4.60. The summed E-state index contributed by atoms with van der Waals surface area (Å²) >= 11 is 5.84. The van der Waals surface area contributed by atoms with Crippen molar-refractivity contribution in [2.24, 2.45) is 5.10 Å². The molecule has 0 spiro atoms. The SMILES string of the molecule is COc1cc(/C=N\NC(=O)c2c(C)nnn2-c2nonc2N)ccc1OC(=O)c1ccc(Cl)cc1. The van der Waals surface area contributed by atoms with E-state index in [0.29, 0.717) is 21.8 Å². The predicted molar refractivity (Wildman–Crippen MR) is 123 cm³/mol. The highest BCUT2D eigenvalue weighted by molar-refractivity contribution is 6.30. The first-order chi connectivity index (χ1) is 16.9. The molecule has 0 aliphatic carbocycles. The number of nitrogen functional groups attached to an aromatic ring is 1. The zero-order chi connectivity index (χ0) is 24.9. The number of halogens is 1. The molecule has 0 aliphatic heterocycles. The summed E-state index contributed by atoms with van der Waals surface area (Å²) in [4.78, 5) is 25.0. The van der Waals surface area contributed by atoms with E-state index in [2.05, 4.69) is 35.8 Å². The Labute approximate surface area is 202 Å². The lowest BCUT2D eigenvalue weighted by atomic mass is 10.2. The third-order valence-corrected chi connectivity index (χ3v) is 4.85. The standard InChI is InChI=1S/C21H17ClN8O5/c1-11-17(30(29-25-11)19-18(23)27-35-28-19)20(31)26-24-10-12-3-8-15(16(9-12)33-2)34-21(32)13-4-6-14(22)7-5-13/h3-10H,1-2H3,(H2,23,27)(H,26,31)/b24-10-. The van der Waals surface area contributed by atoms with Crippen molar-refractivity contribution in [3.05, 3.63) is 70.0 Å². The van der Waals surface area contributed by atoms with Crippen LogP contribution in [0.5, 0.6) is 11.5 Å². The van der Waals surface area contributed by atoms with Crippen LogP contribution in [0.1, 0.15) is 32.1 Å². The minimum absolute atomic E-state index is 0.0215. The van der Waals surface area contributed by atoms with Crippen LogP contribution in [0.15, 0.2) is 52.2 Å². The van der Waals surface area contributed by atoms with Crippen LogP contribution < -0.4 is 20.6 Å². The van der Waals surface area contributed by atoms with Crippen molar-refractivity contribution >= 4 is 35.5 Å². The second-order valence-corrected chi connectivity index (χ2v) is 7.35. The zero-order valence-corrected chi connectivity index (χ0v) is 19.1. The molecular formula is C21H17ClN8O5.